The lowest BCUT2D eigenvalue weighted by atomic mass is 10.2. The molecule has 2 atom stereocenters. The molecule has 0 aliphatic carbocycles. The van der Waals surface area contributed by atoms with Crippen molar-refractivity contribution in [1.29, 1.82) is 0 Å². The van der Waals surface area contributed by atoms with Crippen LogP contribution < -0.4 is 5.73 Å². The Hall–Kier alpha value is -1.36. The molecule has 2 N–H and O–H groups in total. The van der Waals surface area contributed by atoms with Crippen LogP contribution in [0.4, 0.5) is 5.95 Å². The van der Waals surface area contributed by atoms with E-state index in [0.717, 1.165) is 16.6 Å². The number of aryl methyl sites for hydroxylation is 1. The molecule has 5 heteroatoms. The Bertz CT molecular complexity index is 576. The molecule has 0 amide bonds. The van der Waals surface area contributed by atoms with Gasteiger partial charge in [0.2, 0.25) is 5.95 Å². The second-order valence-electron chi connectivity index (χ2n) is 4.37. The lowest BCUT2D eigenvalue weighted by molar-refractivity contribution is 0.619. The SMILES string of the molecule is Cc1cccc2c1nc(N)n2C(C)CS(C)=O. The molecule has 0 saturated carbocycles. The number of hydrogen-bond donors (Lipinski definition) is 1. The van der Waals surface area contributed by atoms with Gasteiger partial charge in [0.15, 0.2) is 0 Å². The summed E-state index contributed by atoms with van der Waals surface area (Å²) in [6.07, 6.45) is 1.71. The van der Waals surface area contributed by atoms with E-state index in [-0.39, 0.29) is 6.04 Å². The van der Waals surface area contributed by atoms with Crippen molar-refractivity contribution in [3.05, 3.63) is 23.8 Å². The van der Waals surface area contributed by atoms with E-state index in [0.29, 0.717) is 11.7 Å². The summed E-state index contributed by atoms with van der Waals surface area (Å²) in [7, 11) is -0.841. The summed E-state index contributed by atoms with van der Waals surface area (Å²) in [6.45, 7) is 4.03. The summed E-state index contributed by atoms with van der Waals surface area (Å²) in [4.78, 5) is 4.38. The minimum absolute atomic E-state index is 0.0904. The molecular formula is C12H17N3OS. The molecule has 0 fully saturated rings. The van der Waals surface area contributed by atoms with Crippen LogP contribution >= 0.6 is 0 Å². The quantitative estimate of drug-likeness (QED) is 0.905. The van der Waals surface area contributed by atoms with Gasteiger partial charge in [0.05, 0.1) is 11.0 Å². The van der Waals surface area contributed by atoms with Crippen molar-refractivity contribution in [2.24, 2.45) is 0 Å². The molecule has 0 radical (unpaired) electrons. The van der Waals surface area contributed by atoms with Crippen LogP contribution in [0.25, 0.3) is 11.0 Å². The van der Waals surface area contributed by atoms with E-state index in [9.17, 15) is 4.21 Å². The monoisotopic (exact) mass is 251 g/mol. The molecule has 2 rings (SSSR count). The molecule has 0 aliphatic rings. The standard InChI is InChI=1S/C12H17N3OS/c1-8-5-4-6-10-11(8)14-12(13)15(10)9(2)7-17(3)16/h4-6,9H,7H2,1-3H3,(H2,13,14). The van der Waals surface area contributed by atoms with Gasteiger partial charge in [0, 0.05) is 28.9 Å². The van der Waals surface area contributed by atoms with Crippen molar-refractivity contribution in [2.45, 2.75) is 19.9 Å². The van der Waals surface area contributed by atoms with Gasteiger partial charge in [-0.3, -0.25) is 4.21 Å². The Labute approximate surface area is 103 Å². The normalized spacial score (nSPS) is 15.0. The maximum atomic E-state index is 11.3. The lowest BCUT2D eigenvalue weighted by Crippen LogP contribution is -2.14. The van der Waals surface area contributed by atoms with Gasteiger partial charge in [0.25, 0.3) is 0 Å². The van der Waals surface area contributed by atoms with E-state index >= 15 is 0 Å². The fourth-order valence-corrected chi connectivity index (χ4v) is 2.98. The number of nitrogens with zero attached hydrogens (tertiary/aromatic N) is 2. The third-order valence-corrected chi connectivity index (χ3v) is 3.82. The van der Waals surface area contributed by atoms with Crippen molar-refractivity contribution in [3.8, 4) is 0 Å². The van der Waals surface area contributed by atoms with Crippen LogP contribution in [0.5, 0.6) is 0 Å². The second kappa shape index (κ2) is 4.49. The molecule has 1 aromatic carbocycles. The minimum atomic E-state index is -0.841. The Balaban J connectivity index is 2.57. The first-order valence-corrected chi connectivity index (χ1v) is 7.26. The molecule has 2 aromatic rings. The topological polar surface area (TPSA) is 60.9 Å². The van der Waals surface area contributed by atoms with E-state index in [1.807, 2.05) is 36.6 Å². The zero-order chi connectivity index (χ0) is 12.6. The van der Waals surface area contributed by atoms with Crippen molar-refractivity contribution < 1.29 is 4.21 Å². The number of imidazole rings is 1. The maximum Gasteiger partial charge on any atom is 0.201 e. The number of anilines is 1. The predicted octanol–water partition coefficient (Wildman–Crippen LogP) is 1.87. The van der Waals surface area contributed by atoms with Gasteiger partial charge in [-0.2, -0.15) is 0 Å². The smallest absolute Gasteiger partial charge is 0.201 e. The summed E-state index contributed by atoms with van der Waals surface area (Å²) < 4.78 is 13.3. The van der Waals surface area contributed by atoms with Gasteiger partial charge in [-0.1, -0.05) is 12.1 Å². The number of aromatic nitrogens is 2. The number of rotatable bonds is 3. The van der Waals surface area contributed by atoms with Crippen molar-refractivity contribution in [2.75, 3.05) is 17.7 Å². The number of benzene rings is 1. The molecule has 0 bridgehead atoms. The van der Waals surface area contributed by atoms with E-state index < -0.39 is 10.8 Å². The molecule has 4 nitrogen and oxygen atoms in total. The van der Waals surface area contributed by atoms with Gasteiger partial charge in [0.1, 0.15) is 0 Å². The fraction of sp³-hybridized carbons (Fsp3) is 0.417. The summed E-state index contributed by atoms with van der Waals surface area (Å²) in [5.74, 6) is 1.08. The average Bonchev–Trinajstić information content (AvgIpc) is 2.55. The summed E-state index contributed by atoms with van der Waals surface area (Å²) >= 11 is 0. The molecule has 17 heavy (non-hydrogen) atoms. The fourth-order valence-electron chi connectivity index (χ4n) is 2.15. The van der Waals surface area contributed by atoms with Gasteiger partial charge < -0.3 is 10.3 Å². The lowest BCUT2D eigenvalue weighted by Gasteiger charge is -2.14. The Morgan fingerprint density at radius 1 is 1.53 bits per heavy atom. The minimum Gasteiger partial charge on any atom is -0.369 e. The average molecular weight is 251 g/mol. The summed E-state index contributed by atoms with van der Waals surface area (Å²) in [5.41, 5.74) is 9.00. The van der Waals surface area contributed by atoms with Crippen LogP contribution in [0.15, 0.2) is 18.2 Å². The highest BCUT2D eigenvalue weighted by Crippen LogP contribution is 2.25. The van der Waals surface area contributed by atoms with Crippen molar-refractivity contribution >= 4 is 27.8 Å². The molecule has 0 spiro atoms. The summed E-state index contributed by atoms with van der Waals surface area (Å²) in [6, 6.07) is 6.10. The Morgan fingerprint density at radius 2 is 2.24 bits per heavy atom. The molecule has 1 heterocycles. The first-order valence-electron chi connectivity index (χ1n) is 5.53. The van der Waals surface area contributed by atoms with E-state index in [2.05, 4.69) is 4.98 Å². The molecular weight excluding hydrogens is 234 g/mol. The van der Waals surface area contributed by atoms with Gasteiger partial charge in [-0.25, -0.2) is 4.98 Å². The van der Waals surface area contributed by atoms with Crippen molar-refractivity contribution in [3.63, 3.8) is 0 Å². The molecule has 92 valence electrons. The van der Waals surface area contributed by atoms with Gasteiger partial charge in [-0.15, -0.1) is 0 Å². The Morgan fingerprint density at radius 3 is 2.88 bits per heavy atom. The molecule has 0 aliphatic heterocycles. The third-order valence-electron chi connectivity index (χ3n) is 2.87. The zero-order valence-electron chi connectivity index (χ0n) is 10.3. The molecule has 1 aromatic heterocycles. The summed E-state index contributed by atoms with van der Waals surface area (Å²) in [5, 5.41) is 0. The van der Waals surface area contributed by atoms with Crippen LogP contribution in [-0.4, -0.2) is 25.8 Å². The number of nitrogen functional groups attached to an aromatic ring is 1. The van der Waals surface area contributed by atoms with E-state index in [1.54, 1.807) is 6.26 Å². The van der Waals surface area contributed by atoms with Crippen LogP contribution in [-0.2, 0) is 10.8 Å². The highest BCUT2D eigenvalue weighted by molar-refractivity contribution is 7.84. The van der Waals surface area contributed by atoms with E-state index in [4.69, 9.17) is 5.73 Å². The van der Waals surface area contributed by atoms with Crippen LogP contribution in [0.3, 0.4) is 0 Å². The number of nitrogens with two attached hydrogens (primary N) is 1. The highest BCUT2D eigenvalue weighted by atomic mass is 32.2. The first-order chi connectivity index (χ1) is 8.00. The zero-order valence-corrected chi connectivity index (χ0v) is 11.1. The highest BCUT2D eigenvalue weighted by Gasteiger charge is 2.15. The Kier molecular flexibility index (Phi) is 3.19. The molecule has 2 unspecified atom stereocenters. The van der Waals surface area contributed by atoms with Gasteiger partial charge >= 0.3 is 0 Å². The van der Waals surface area contributed by atoms with Crippen LogP contribution in [0, 0.1) is 6.92 Å². The van der Waals surface area contributed by atoms with Crippen molar-refractivity contribution in [1.82, 2.24) is 9.55 Å². The van der Waals surface area contributed by atoms with Gasteiger partial charge in [-0.05, 0) is 25.5 Å². The molecule has 0 saturated heterocycles. The first kappa shape index (κ1) is 12.1. The van der Waals surface area contributed by atoms with E-state index in [1.165, 1.54) is 0 Å². The second-order valence-corrected chi connectivity index (χ2v) is 5.85. The largest absolute Gasteiger partial charge is 0.369 e. The maximum absolute atomic E-state index is 11.3. The number of fused-ring (bicyclic) bond motifs is 1. The third kappa shape index (κ3) is 2.20. The number of hydrogen-bond acceptors (Lipinski definition) is 3. The van der Waals surface area contributed by atoms with Crippen LogP contribution in [0.1, 0.15) is 18.5 Å². The van der Waals surface area contributed by atoms with Crippen LogP contribution in [0.2, 0.25) is 0 Å². The predicted molar refractivity (Wildman–Crippen MR) is 72.5 cm³/mol. The number of para-hydroxylation sites is 1.